The van der Waals surface area contributed by atoms with Gasteiger partial charge in [0, 0.05) is 62.0 Å². The number of hydrogen-bond donors (Lipinski definition) is 0. The predicted molar refractivity (Wildman–Crippen MR) is 97.0 cm³/mol. The van der Waals surface area contributed by atoms with Crippen molar-refractivity contribution >= 4 is 5.91 Å². The molecule has 0 aromatic carbocycles. The van der Waals surface area contributed by atoms with Crippen LogP contribution < -0.4 is 0 Å². The number of rotatable bonds is 4. The topological polar surface area (TPSA) is 84.6 Å². The average molecular weight is 371 g/mol. The van der Waals surface area contributed by atoms with Gasteiger partial charge in [0.05, 0.1) is 19.3 Å². The molecule has 144 valence electrons. The largest absolute Gasteiger partial charge is 0.379 e. The Labute approximate surface area is 158 Å². The van der Waals surface area contributed by atoms with Crippen LogP contribution in [-0.2, 0) is 11.3 Å². The van der Waals surface area contributed by atoms with Crippen LogP contribution in [0.4, 0.5) is 0 Å². The highest BCUT2D eigenvalue weighted by Gasteiger charge is 2.36. The molecule has 0 saturated carbocycles. The van der Waals surface area contributed by atoms with Gasteiger partial charge in [-0.15, -0.1) is 0 Å². The van der Waals surface area contributed by atoms with Gasteiger partial charge in [-0.05, 0) is 0 Å². The molecule has 8 nitrogen and oxygen atoms in total. The van der Waals surface area contributed by atoms with E-state index in [1.165, 1.54) is 6.26 Å². The third-order valence-electron chi connectivity index (χ3n) is 5.11. The maximum absolute atomic E-state index is 12.8. The maximum atomic E-state index is 12.8. The van der Waals surface area contributed by atoms with E-state index in [0.29, 0.717) is 31.4 Å². The van der Waals surface area contributed by atoms with E-state index in [0.717, 1.165) is 31.0 Å². The lowest BCUT2D eigenvalue weighted by atomic mass is 10.1. The molecule has 4 rings (SSSR count). The summed E-state index contributed by atoms with van der Waals surface area (Å²) in [4.78, 5) is 26.0. The standard InChI is InChI=1S/C19H25N5O3/c1-13(2)18-20-5-14(6-21-18)7-23-8-15-9-24(16(10-23)12-26-11-15)19(25)17-3-4-27-22-17/h3-6,13,15-16H,7-12H2,1-2H3/t15-,16-/m0/s1. The quantitative estimate of drug-likeness (QED) is 0.806. The van der Waals surface area contributed by atoms with Gasteiger partial charge >= 0.3 is 0 Å². The minimum Gasteiger partial charge on any atom is -0.379 e. The van der Waals surface area contributed by atoms with Crippen molar-refractivity contribution in [2.24, 2.45) is 5.92 Å². The first-order chi connectivity index (χ1) is 13.1. The first kappa shape index (κ1) is 18.1. The Morgan fingerprint density at radius 2 is 2.04 bits per heavy atom. The van der Waals surface area contributed by atoms with Gasteiger partial charge in [0.2, 0.25) is 0 Å². The van der Waals surface area contributed by atoms with Crippen molar-refractivity contribution in [1.82, 2.24) is 24.9 Å². The summed E-state index contributed by atoms with van der Waals surface area (Å²) in [5.41, 5.74) is 1.45. The van der Waals surface area contributed by atoms with Crippen LogP contribution in [0.25, 0.3) is 0 Å². The predicted octanol–water partition coefficient (Wildman–Crippen LogP) is 1.56. The monoisotopic (exact) mass is 371 g/mol. The fourth-order valence-corrected chi connectivity index (χ4v) is 3.79. The number of ether oxygens (including phenoxy) is 1. The Bertz CT molecular complexity index is 762. The van der Waals surface area contributed by atoms with Crippen LogP contribution in [0.1, 0.15) is 41.6 Å². The normalized spacial score (nSPS) is 23.4. The van der Waals surface area contributed by atoms with E-state index in [4.69, 9.17) is 9.26 Å². The second kappa shape index (κ2) is 7.74. The molecule has 1 amide bonds. The Kier molecular flexibility index (Phi) is 5.18. The van der Waals surface area contributed by atoms with E-state index in [1.54, 1.807) is 6.07 Å². The summed E-state index contributed by atoms with van der Waals surface area (Å²) in [6, 6.07) is 1.61. The molecule has 2 aliphatic heterocycles. The smallest absolute Gasteiger partial charge is 0.276 e. The molecule has 0 unspecified atom stereocenters. The summed E-state index contributed by atoms with van der Waals surface area (Å²) in [6.45, 7) is 8.47. The summed E-state index contributed by atoms with van der Waals surface area (Å²) in [6.07, 6.45) is 5.26. The summed E-state index contributed by atoms with van der Waals surface area (Å²) in [5, 5.41) is 3.81. The van der Waals surface area contributed by atoms with E-state index in [1.807, 2.05) is 17.3 Å². The molecule has 2 aromatic rings. The lowest BCUT2D eigenvalue weighted by Crippen LogP contribution is -2.46. The van der Waals surface area contributed by atoms with Crippen LogP contribution in [0.2, 0.25) is 0 Å². The number of aromatic nitrogens is 3. The van der Waals surface area contributed by atoms with Crippen molar-refractivity contribution in [2.45, 2.75) is 32.4 Å². The molecular weight excluding hydrogens is 346 g/mol. The Morgan fingerprint density at radius 3 is 2.74 bits per heavy atom. The van der Waals surface area contributed by atoms with E-state index < -0.39 is 0 Å². The molecule has 0 radical (unpaired) electrons. The van der Waals surface area contributed by atoms with Crippen molar-refractivity contribution in [2.75, 3.05) is 32.8 Å². The van der Waals surface area contributed by atoms with Crippen LogP contribution in [0.15, 0.2) is 29.2 Å². The molecule has 2 aromatic heterocycles. The van der Waals surface area contributed by atoms with Gasteiger partial charge in [0.25, 0.3) is 5.91 Å². The summed E-state index contributed by atoms with van der Waals surface area (Å²) in [7, 11) is 0. The summed E-state index contributed by atoms with van der Waals surface area (Å²) < 4.78 is 10.7. The van der Waals surface area contributed by atoms with Crippen molar-refractivity contribution in [3.05, 3.63) is 41.8 Å². The molecule has 0 spiro atoms. The number of nitrogens with zero attached hydrogens (tertiary/aromatic N) is 5. The lowest BCUT2D eigenvalue weighted by molar-refractivity contribution is 0.0419. The van der Waals surface area contributed by atoms with Gasteiger partial charge in [-0.1, -0.05) is 19.0 Å². The molecule has 2 aliphatic rings. The minimum absolute atomic E-state index is 0.00226. The molecule has 0 N–H and O–H groups in total. The Balaban J connectivity index is 1.48. The average Bonchev–Trinajstić information content (AvgIpc) is 3.04. The van der Waals surface area contributed by atoms with Crippen LogP contribution in [0.3, 0.4) is 0 Å². The number of hydrogen-bond acceptors (Lipinski definition) is 7. The summed E-state index contributed by atoms with van der Waals surface area (Å²) >= 11 is 0. The highest BCUT2D eigenvalue weighted by molar-refractivity contribution is 5.92. The number of carbonyl (C=O) groups excluding carboxylic acids is 1. The Hall–Kier alpha value is -2.32. The Morgan fingerprint density at radius 1 is 1.22 bits per heavy atom. The van der Waals surface area contributed by atoms with Gasteiger partial charge in [-0.3, -0.25) is 9.69 Å². The van der Waals surface area contributed by atoms with Gasteiger partial charge in [0.1, 0.15) is 12.1 Å². The zero-order valence-corrected chi connectivity index (χ0v) is 15.7. The molecule has 2 saturated heterocycles. The zero-order valence-electron chi connectivity index (χ0n) is 15.7. The molecule has 2 atom stereocenters. The van der Waals surface area contributed by atoms with Crippen LogP contribution in [0.5, 0.6) is 0 Å². The highest BCUT2D eigenvalue weighted by atomic mass is 16.5. The molecule has 8 heteroatoms. The zero-order chi connectivity index (χ0) is 18.8. The van der Waals surface area contributed by atoms with Gasteiger partial charge in [0.15, 0.2) is 5.69 Å². The molecule has 4 heterocycles. The molecule has 27 heavy (non-hydrogen) atoms. The number of fused-ring (bicyclic) bond motifs is 3. The van der Waals surface area contributed by atoms with E-state index in [2.05, 4.69) is 33.9 Å². The van der Waals surface area contributed by atoms with Crippen molar-refractivity contribution < 1.29 is 14.1 Å². The molecular formula is C19H25N5O3. The SMILES string of the molecule is CC(C)c1ncc(CN2C[C@@H]3COC[C@H](C2)N(C(=O)c2ccon2)C3)cn1. The van der Waals surface area contributed by atoms with Gasteiger partial charge < -0.3 is 14.2 Å². The van der Waals surface area contributed by atoms with Crippen LogP contribution in [-0.4, -0.2) is 69.7 Å². The van der Waals surface area contributed by atoms with E-state index >= 15 is 0 Å². The van der Waals surface area contributed by atoms with Crippen molar-refractivity contribution in [1.29, 1.82) is 0 Å². The second-order valence-corrected chi connectivity index (χ2v) is 7.70. The molecule has 0 aliphatic carbocycles. The fraction of sp³-hybridized carbons (Fsp3) is 0.579. The lowest BCUT2D eigenvalue weighted by Gasteiger charge is -2.30. The highest BCUT2D eigenvalue weighted by Crippen LogP contribution is 2.22. The maximum Gasteiger partial charge on any atom is 0.276 e. The first-order valence-corrected chi connectivity index (χ1v) is 9.42. The minimum atomic E-state index is -0.0873. The van der Waals surface area contributed by atoms with Crippen LogP contribution in [0, 0.1) is 5.92 Å². The first-order valence-electron chi connectivity index (χ1n) is 9.42. The molecule has 2 fully saturated rings. The van der Waals surface area contributed by atoms with E-state index in [9.17, 15) is 4.79 Å². The van der Waals surface area contributed by atoms with Gasteiger partial charge in [-0.25, -0.2) is 9.97 Å². The van der Waals surface area contributed by atoms with Gasteiger partial charge in [-0.2, -0.15) is 0 Å². The van der Waals surface area contributed by atoms with Crippen molar-refractivity contribution in [3.8, 4) is 0 Å². The third-order valence-corrected chi connectivity index (χ3v) is 5.11. The third kappa shape index (κ3) is 4.01. The number of carbonyl (C=O) groups is 1. The fourth-order valence-electron chi connectivity index (χ4n) is 3.79. The van der Waals surface area contributed by atoms with E-state index in [-0.39, 0.29) is 17.9 Å². The molecule has 2 bridgehead atoms. The van der Waals surface area contributed by atoms with Crippen LogP contribution >= 0.6 is 0 Å². The second-order valence-electron chi connectivity index (χ2n) is 7.70. The summed E-state index contributed by atoms with van der Waals surface area (Å²) in [5.74, 6) is 1.37. The number of amides is 1. The van der Waals surface area contributed by atoms with Crippen molar-refractivity contribution in [3.63, 3.8) is 0 Å².